The fourth-order valence-corrected chi connectivity index (χ4v) is 2.93. The summed E-state index contributed by atoms with van der Waals surface area (Å²) < 4.78 is 0.764. The van der Waals surface area contributed by atoms with Crippen LogP contribution < -0.4 is 5.32 Å². The molecule has 9 heteroatoms. The van der Waals surface area contributed by atoms with Crippen molar-refractivity contribution in [3.8, 4) is 0 Å². The minimum atomic E-state index is -1.09. The Kier molecular flexibility index (Phi) is 4.73. The van der Waals surface area contributed by atoms with Crippen molar-refractivity contribution in [2.24, 2.45) is 0 Å². The Morgan fingerprint density at radius 2 is 2.29 bits per heavy atom. The van der Waals surface area contributed by atoms with E-state index in [9.17, 15) is 14.9 Å². The van der Waals surface area contributed by atoms with Crippen LogP contribution in [0.5, 0.6) is 0 Å². The zero-order valence-corrected chi connectivity index (χ0v) is 13.7. The van der Waals surface area contributed by atoms with Crippen molar-refractivity contribution in [1.29, 1.82) is 0 Å². The lowest BCUT2D eigenvalue weighted by molar-refractivity contribution is -0.384. The Bertz CT molecular complexity index is 704. The van der Waals surface area contributed by atoms with Crippen molar-refractivity contribution in [3.63, 3.8) is 0 Å². The number of aromatic nitrogens is 1. The number of anilines is 1. The second-order valence-electron chi connectivity index (χ2n) is 4.16. The lowest BCUT2D eigenvalue weighted by Gasteiger charge is -2.13. The fraction of sp³-hybridized carbons (Fsp3) is 0.167. The van der Waals surface area contributed by atoms with Crippen LogP contribution in [-0.4, -0.2) is 21.0 Å². The molecule has 0 fully saturated rings. The molecule has 110 valence electrons. The minimum Gasteiger partial charge on any atom is -0.476 e. The highest BCUT2D eigenvalue weighted by molar-refractivity contribution is 14.1. The van der Waals surface area contributed by atoms with Crippen LogP contribution in [0.3, 0.4) is 0 Å². The Labute approximate surface area is 137 Å². The van der Waals surface area contributed by atoms with Crippen LogP contribution >= 0.6 is 33.9 Å². The molecule has 0 saturated heterocycles. The lowest BCUT2D eigenvalue weighted by Crippen LogP contribution is -2.09. The smallest absolute Gasteiger partial charge is 0.355 e. The SMILES string of the molecule is CC(Nc1ccc(I)cc1[N+](=O)[O-])c1nc(C(=O)O)cs1. The first kappa shape index (κ1) is 15.6. The van der Waals surface area contributed by atoms with Gasteiger partial charge in [-0.1, -0.05) is 0 Å². The highest BCUT2D eigenvalue weighted by Crippen LogP contribution is 2.30. The van der Waals surface area contributed by atoms with Gasteiger partial charge >= 0.3 is 5.97 Å². The van der Waals surface area contributed by atoms with Crippen molar-refractivity contribution < 1.29 is 14.8 Å². The molecule has 0 spiro atoms. The predicted octanol–water partition coefficient (Wildman–Crippen LogP) is 3.53. The van der Waals surface area contributed by atoms with Gasteiger partial charge in [-0.15, -0.1) is 11.3 Å². The zero-order valence-electron chi connectivity index (χ0n) is 10.7. The van der Waals surface area contributed by atoms with Crippen molar-refractivity contribution in [3.05, 3.63) is 48.0 Å². The monoisotopic (exact) mass is 419 g/mol. The second kappa shape index (κ2) is 6.35. The van der Waals surface area contributed by atoms with E-state index in [1.807, 2.05) is 22.6 Å². The molecule has 0 saturated carbocycles. The number of carboxylic acids is 1. The summed E-state index contributed by atoms with van der Waals surface area (Å²) >= 11 is 3.20. The van der Waals surface area contributed by atoms with Gasteiger partial charge in [-0.25, -0.2) is 9.78 Å². The number of benzene rings is 1. The van der Waals surface area contributed by atoms with E-state index in [1.54, 1.807) is 19.1 Å². The Balaban J connectivity index is 2.24. The molecule has 21 heavy (non-hydrogen) atoms. The number of nitrogens with one attached hydrogen (secondary N) is 1. The number of carboxylic acid groups (broad SMARTS) is 1. The molecule has 1 atom stereocenters. The molecule has 2 rings (SSSR count). The van der Waals surface area contributed by atoms with Crippen LogP contribution in [-0.2, 0) is 0 Å². The summed E-state index contributed by atoms with van der Waals surface area (Å²) in [6, 6.07) is 4.52. The van der Waals surface area contributed by atoms with Gasteiger partial charge < -0.3 is 10.4 Å². The largest absolute Gasteiger partial charge is 0.476 e. The van der Waals surface area contributed by atoms with Crippen molar-refractivity contribution in [1.82, 2.24) is 4.98 Å². The molecule has 0 aliphatic heterocycles. The van der Waals surface area contributed by atoms with E-state index < -0.39 is 10.9 Å². The number of hydrogen-bond donors (Lipinski definition) is 2. The Morgan fingerprint density at radius 1 is 1.57 bits per heavy atom. The summed E-state index contributed by atoms with van der Waals surface area (Å²) in [5.41, 5.74) is 0.324. The molecular weight excluding hydrogens is 409 g/mol. The van der Waals surface area contributed by atoms with Gasteiger partial charge in [-0.3, -0.25) is 10.1 Å². The molecule has 1 unspecified atom stereocenters. The summed E-state index contributed by atoms with van der Waals surface area (Å²) in [6.45, 7) is 1.77. The predicted molar refractivity (Wildman–Crippen MR) is 86.9 cm³/mol. The Morgan fingerprint density at radius 3 is 2.86 bits per heavy atom. The van der Waals surface area contributed by atoms with Crippen LogP contribution in [0.4, 0.5) is 11.4 Å². The molecule has 0 amide bonds. The highest BCUT2D eigenvalue weighted by atomic mass is 127. The zero-order chi connectivity index (χ0) is 15.6. The van der Waals surface area contributed by atoms with Crippen molar-refractivity contribution >= 4 is 51.3 Å². The molecule has 7 nitrogen and oxygen atoms in total. The average molecular weight is 419 g/mol. The van der Waals surface area contributed by atoms with Gasteiger partial charge in [-0.05, 0) is 41.6 Å². The molecule has 1 heterocycles. The second-order valence-corrected chi connectivity index (χ2v) is 6.30. The van der Waals surface area contributed by atoms with Crippen molar-refractivity contribution in [2.75, 3.05) is 5.32 Å². The number of nitrogens with zero attached hydrogens (tertiary/aromatic N) is 2. The van der Waals surface area contributed by atoms with Gasteiger partial charge in [0.05, 0.1) is 11.0 Å². The van der Waals surface area contributed by atoms with Crippen molar-refractivity contribution in [2.45, 2.75) is 13.0 Å². The molecule has 2 aromatic rings. The van der Waals surface area contributed by atoms with Crippen LogP contribution in [0.2, 0.25) is 0 Å². The van der Waals surface area contributed by atoms with E-state index in [0.717, 1.165) is 3.57 Å². The van der Waals surface area contributed by atoms with E-state index in [0.29, 0.717) is 10.7 Å². The molecule has 0 aliphatic rings. The van der Waals surface area contributed by atoms with E-state index >= 15 is 0 Å². The number of thiazole rings is 1. The molecule has 0 radical (unpaired) electrons. The number of hydrogen-bond acceptors (Lipinski definition) is 6. The summed E-state index contributed by atoms with van der Waals surface area (Å²) in [4.78, 5) is 25.4. The topological polar surface area (TPSA) is 105 Å². The summed E-state index contributed by atoms with van der Waals surface area (Å²) in [6.07, 6.45) is 0. The normalized spacial score (nSPS) is 11.9. The first-order valence-electron chi connectivity index (χ1n) is 5.77. The molecule has 0 bridgehead atoms. The third-order valence-corrected chi connectivity index (χ3v) is 4.34. The molecule has 2 N–H and O–H groups in total. The van der Waals surface area contributed by atoms with Crippen LogP contribution in [0, 0.1) is 13.7 Å². The number of rotatable bonds is 5. The van der Waals surface area contributed by atoms with Gasteiger partial charge in [0.2, 0.25) is 0 Å². The van der Waals surface area contributed by atoms with Gasteiger partial charge in [0.1, 0.15) is 10.7 Å². The van der Waals surface area contributed by atoms with E-state index in [-0.39, 0.29) is 17.4 Å². The number of carbonyl (C=O) groups is 1. The van der Waals surface area contributed by atoms with Gasteiger partial charge in [-0.2, -0.15) is 0 Å². The maximum Gasteiger partial charge on any atom is 0.355 e. The highest BCUT2D eigenvalue weighted by Gasteiger charge is 2.19. The number of halogens is 1. The first-order valence-corrected chi connectivity index (χ1v) is 7.73. The van der Waals surface area contributed by atoms with E-state index in [2.05, 4.69) is 10.3 Å². The summed E-state index contributed by atoms with van der Waals surface area (Å²) in [7, 11) is 0. The standard InChI is InChI=1S/C12H10IN3O4S/c1-6(11-15-9(5-21-11)12(17)18)14-8-3-2-7(13)4-10(8)16(19)20/h2-6,14H,1H3,(H,17,18). The quantitative estimate of drug-likeness (QED) is 0.437. The molecule has 1 aromatic heterocycles. The first-order chi connectivity index (χ1) is 9.88. The number of nitro benzene ring substituents is 1. The van der Waals surface area contributed by atoms with Gasteiger partial charge in [0.25, 0.3) is 5.69 Å². The number of nitro groups is 1. The molecule has 1 aromatic carbocycles. The third-order valence-electron chi connectivity index (χ3n) is 2.64. The average Bonchev–Trinajstić information content (AvgIpc) is 2.90. The van der Waals surface area contributed by atoms with Gasteiger partial charge in [0.15, 0.2) is 5.69 Å². The fourth-order valence-electron chi connectivity index (χ4n) is 1.66. The van der Waals surface area contributed by atoms with E-state index in [1.165, 1.54) is 22.8 Å². The third kappa shape index (κ3) is 3.67. The van der Waals surface area contributed by atoms with Crippen LogP contribution in [0.25, 0.3) is 0 Å². The summed E-state index contributed by atoms with van der Waals surface area (Å²) in [5.74, 6) is -1.09. The lowest BCUT2D eigenvalue weighted by atomic mass is 10.2. The molecular formula is C12H10IN3O4S. The molecule has 0 aliphatic carbocycles. The van der Waals surface area contributed by atoms with Crippen LogP contribution in [0.15, 0.2) is 23.6 Å². The van der Waals surface area contributed by atoms with Crippen LogP contribution in [0.1, 0.15) is 28.5 Å². The summed E-state index contributed by atoms with van der Waals surface area (Å²) in [5, 5.41) is 24.9. The Hall–Kier alpha value is -1.75. The van der Waals surface area contributed by atoms with Gasteiger partial charge in [0, 0.05) is 15.0 Å². The minimum absolute atomic E-state index is 0.0243. The van der Waals surface area contributed by atoms with E-state index in [4.69, 9.17) is 5.11 Å². The maximum absolute atomic E-state index is 11.1. The maximum atomic E-state index is 11.1. The number of aromatic carboxylic acids is 1.